The number of hydrogen-bond donors (Lipinski definition) is 2. The number of ether oxygens (including phenoxy) is 2. The van der Waals surface area contributed by atoms with Crippen molar-refractivity contribution in [2.24, 2.45) is 4.99 Å². The van der Waals surface area contributed by atoms with E-state index in [4.69, 9.17) is 9.47 Å². The Morgan fingerprint density at radius 3 is 2.80 bits per heavy atom. The second kappa shape index (κ2) is 12.6. The molecule has 1 aliphatic heterocycles. The molecule has 1 heterocycles. The first-order chi connectivity index (χ1) is 9.26. The molecule has 2 N–H and O–H groups in total. The number of guanidine groups is 1. The molecule has 1 saturated heterocycles. The molecule has 1 aliphatic rings. The van der Waals surface area contributed by atoms with Crippen LogP contribution in [0.1, 0.15) is 12.8 Å². The summed E-state index contributed by atoms with van der Waals surface area (Å²) >= 11 is 0. The molecule has 0 bridgehead atoms. The number of halogens is 1. The molecule has 0 saturated carbocycles. The average Bonchev–Trinajstić information content (AvgIpc) is 2.93. The van der Waals surface area contributed by atoms with Gasteiger partial charge in [0.2, 0.25) is 0 Å². The van der Waals surface area contributed by atoms with Gasteiger partial charge in [-0.3, -0.25) is 4.99 Å². The lowest BCUT2D eigenvalue weighted by Crippen LogP contribution is -2.43. The van der Waals surface area contributed by atoms with Gasteiger partial charge in [0.1, 0.15) is 0 Å². The van der Waals surface area contributed by atoms with Crippen molar-refractivity contribution in [3.8, 4) is 0 Å². The standard InChI is InChI=1S/C13H28N4O2.HI/c1-14-13(16-11-12-5-4-9-19-12)15-6-7-17(2)8-10-18-3;/h12H,4-11H2,1-3H3,(H2,14,15,16);1H. The maximum Gasteiger partial charge on any atom is 0.191 e. The monoisotopic (exact) mass is 400 g/mol. The summed E-state index contributed by atoms with van der Waals surface area (Å²) in [7, 11) is 5.60. The van der Waals surface area contributed by atoms with Gasteiger partial charge in [0.15, 0.2) is 5.96 Å². The van der Waals surface area contributed by atoms with E-state index < -0.39 is 0 Å². The van der Waals surface area contributed by atoms with E-state index in [9.17, 15) is 0 Å². The minimum absolute atomic E-state index is 0. The summed E-state index contributed by atoms with van der Waals surface area (Å²) in [5.41, 5.74) is 0. The van der Waals surface area contributed by atoms with E-state index in [-0.39, 0.29) is 24.0 Å². The van der Waals surface area contributed by atoms with E-state index in [1.807, 2.05) is 0 Å². The third-order valence-electron chi connectivity index (χ3n) is 3.21. The fraction of sp³-hybridized carbons (Fsp3) is 0.923. The molecule has 0 spiro atoms. The zero-order valence-electron chi connectivity index (χ0n) is 12.9. The molecule has 0 aromatic heterocycles. The molecule has 0 amide bonds. The van der Waals surface area contributed by atoms with Gasteiger partial charge in [0, 0.05) is 46.9 Å². The SMILES string of the molecule is CN=C(NCCN(C)CCOC)NCC1CCCO1.I. The van der Waals surface area contributed by atoms with Gasteiger partial charge in [-0.25, -0.2) is 0 Å². The van der Waals surface area contributed by atoms with Crippen molar-refractivity contribution in [1.29, 1.82) is 0 Å². The largest absolute Gasteiger partial charge is 0.383 e. The Morgan fingerprint density at radius 2 is 2.20 bits per heavy atom. The predicted molar refractivity (Wildman–Crippen MR) is 93.1 cm³/mol. The number of rotatable bonds is 8. The zero-order chi connectivity index (χ0) is 13.9. The summed E-state index contributed by atoms with van der Waals surface area (Å²) in [6.07, 6.45) is 2.65. The highest BCUT2D eigenvalue weighted by Gasteiger charge is 2.15. The third kappa shape index (κ3) is 8.93. The summed E-state index contributed by atoms with van der Waals surface area (Å²) in [6.45, 7) is 5.26. The molecular weight excluding hydrogens is 371 g/mol. The van der Waals surface area contributed by atoms with Crippen LogP contribution in [0.3, 0.4) is 0 Å². The van der Waals surface area contributed by atoms with E-state index in [2.05, 4.69) is 27.6 Å². The lowest BCUT2D eigenvalue weighted by atomic mass is 10.2. The van der Waals surface area contributed by atoms with Gasteiger partial charge in [-0.1, -0.05) is 0 Å². The number of methoxy groups -OCH3 is 1. The van der Waals surface area contributed by atoms with Crippen LogP contribution in [0.2, 0.25) is 0 Å². The average molecular weight is 400 g/mol. The van der Waals surface area contributed by atoms with E-state index in [1.54, 1.807) is 14.2 Å². The second-order valence-electron chi connectivity index (χ2n) is 4.81. The lowest BCUT2D eigenvalue weighted by Gasteiger charge is -2.18. The lowest BCUT2D eigenvalue weighted by molar-refractivity contribution is 0.113. The van der Waals surface area contributed by atoms with Crippen LogP contribution >= 0.6 is 24.0 Å². The van der Waals surface area contributed by atoms with Gasteiger partial charge >= 0.3 is 0 Å². The Bertz CT molecular complexity index is 261. The summed E-state index contributed by atoms with van der Waals surface area (Å²) in [4.78, 5) is 6.43. The molecule has 20 heavy (non-hydrogen) atoms. The number of nitrogens with one attached hydrogen (secondary N) is 2. The summed E-state index contributed by atoms with van der Waals surface area (Å²) < 4.78 is 10.6. The van der Waals surface area contributed by atoms with Gasteiger partial charge < -0.3 is 25.0 Å². The highest BCUT2D eigenvalue weighted by Crippen LogP contribution is 2.10. The highest BCUT2D eigenvalue weighted by molar-refractivity contribution is 14.0. The molecule has 7 heteroatoms. The first kappa shape index (κ1) is 19.9. The Balaban J connectivity index is 0.00000361. The van der Waals surface area contributed by atoms with Crippen LogP contribution in [0.5, 0.6) is 0 Å². The molecule has 1 unspecified atom stereocenters. The zero-order valence-corrected chi connectivity index (χ0v) is 15.2. The van der Waals surface area contributed by atoms with E-state index in [1.165, 1.54) is 6.42 Å². The van der Waals surface area contributed by atoms with Crippen molar-refractivity contribution in [3.63, 3.8) is 0 Å². The maximum atomic E-state index is 5.57. The summed E-state index contributed by atoms with van der Waals surface area (Å²) in [5.74, 6) is 0.843. The van der Waals surface area contributed by atoms with Crippen LogP contribution in [0.15, 0.2) is 4.99 Å². The first-order valence-electron chi connectivity index (χ1n) is 7.00. The minimum Gasteiger partial charge on any atom is -0.383 e. The molecule has 0 aromatic rings. The molecule has 120 valence electrons. The quantitative estimate of drug-likeness (QED) is 0.354. The highest BCUT2D eigenvalue weighted by atomic mass is 127. The van der Waals surface area contributed by atoms with E-state index in [0.717, 1.165) is 51.8 Å². The van der Waals surface area contributed by atoms with Gasteiger partial charge in [0.25, 0.3) is 0 Å². The smallest absolute Gasteiger partial charge is 0.191 e. The topological polar surface area (TPSA) is 58.1 Å². The van der Waals surface area contributed by atoms with Crippen molar-refractivity contribution in [1.82, 2.24) is 15.5 Å². The van der Waals surface area contributed by atoms with Crippen molar-refractivity contribution in [2.45, 2.75) is 18.9 Å². The molecule has 0 aliphatic carbocycles. The van der Waals surface area contributed by atoms with Crippen LogP contribution in [0, 0.1) is 0 Å². The van der Waals surface area contributed by atoms with E-state index >= 15 is 0 Å². The van der Waals surface area contributed by atoms with Gasteiger partial charge in [-0.15, -0.1) is 24.0 Å². The number of hydrogen-bond acceptors (Lipinski definition) is 4. The Morgan fingerprint density at radius 1 is 1.40 bits per heavy atom. The molecule has 0 radical (unpaired) electrons. The minimum atomic E-state index is 0. The van der Waals surface area contributed by atoms with Crippen LogP contribution in [-0.2, 0) is 9.47 Å². The molecule has 1 rings (SSSR count). The fourth-order valence-corrected chi connectivity index (χ4v) is 1.96. The predicted octanol–water partition coefficient (Wildman–Crippen LogP) is 0.527. The number of nitrogens with zero attached hydrogens (tertiary/aromatic N) is 2. The number of aliphatic imine (C=N–C) groups is 1. The van der Waals surface area contributed by atoms with Crippen molar-refractivity contribution in [3.05, 3.63) is 0 Å². The second-order valence-corrected chi connectivity index (χ2v) is 4.81. The van der Waals surface area contributed by atoms with E-state index in [0.29, 0.717) is 6.10 Å². The fourth-order valence-electron chi connectivity index (χ4n) is 1.96. The molecule has 1 fully saturated rings. The maximum absolute atomic E-state index is 5.57. The van der Waals surface area contributed by atoms with Gasteiger partial charge in [-0.2, -0.15) is 0 Å². The summed E-state index contributed by atoms with van der Waals surface area (Å²) in [6, 6.07) is 0. The third-order valence-corrected chi connectivity index (χ3v) is 3.21. The van der Waals surface area contributed by atoms with Crippen molar-refractivity contribution >= 4 is 29.9 Å². The Labute approximate surface area is 139 Å². The molecule has 0 aromatic carbocycles. The molecule has 1 atom stereocenters. The molecular formula is C13H29IN4O2. The van der Waals surface area contributed by atoms with Crippen molar-refractivity contribution < 1.29 is 9.47 Å². The normalized spacial score (nSPS) is 19.0. The van der Waals surface area contributed by atoms with Crippen LogP contribution in [0.25, 0.3) is 0 Å². The van der Waals surface area contributed by atoms with Gasteiger partial charge in [-0.05, 0) is 19.9 Å². The van der Waals surface area contributed by atoms with Gasteiger partial charge in [0.05, 0.1) is 12.7 Å². The Hall–Kier alpha value is -0.120. The molecule has 6 nitrogen and oxygen atoms in total. The number of likely N-dealkylation sites (N-methyl/N-ethyl adjacent to an activating group) is 1. The van der Waals surface area contributed by atoms with Crippen LogP contribution in [0.4, 0.5) is 0 Å². The Kier molecular flexibility index (Phi) is 12.5. The van der Waals surface area contributed by atoms with Crippen molar-refractivity contribution in [2.75, 3.05) is 60.6 Å². The first-order valence-corrected chi connectivity index (χ1v) is 7.00. The van der Waals surface area contributed by atoms with Crippen LogP contribution in [-0.4, -0.2) is 77.6 Å². The summed E-state index contributed by atoms with van der Waals surface area (Å²) in [5, 5.41) is 6.60. The van der Waals surface area contributed by atoms with Crippen LogP contribution < -0.4 is 10.6 Å².